The summed E-state index contributed by atoms with van der Waals surface area (Å²) >= 11 is 11.9. The van der Waals surface area contributed by atoms with Gasteiger partial charge in [0.15, 0.2) is 0 Å². The molecule has 102 valence electrons. The Morgan fingerprint density at radius 3 is 2.79 bits per heavy atom. The van der Waals surface area contributed by atoms with Crippen molar-refractivity contribution < 1.29 is 14.7 Å². The van der Waals surface area contributed by atoms with Crippen LogP contribution in [0.1, 0.15) is 10.4 Å². The molecule has 0 aliphatic carbocycles. The number of hydrogen-bond acceptors (Lipinski definition) is 3. The third kappa shape index (κ3) is 2.83. The molecule has 19 heavy (non-hydrogen) atoms. The van der Waals surface area contributed by atoms with Crippen LogP contribution in [0.25, 0.3) is 0 Å². The number of carbonyl (C=O) groups is 2. The zero-order valence-electron chi connectivity index (χ0n) is 9.90. The normalized spacial score (nSPS) is 19.3. The van der Waals surface area contributed by atoms with E-state index in [4.69, 9.17) is 28.3 Å². The maximum absolute atomic E-state index is 12.4. The minimum atomic E-state index is -1.04. The van der Waals surface area contributed by atoms with Gasteiger partial charge in [0.1, 0.15) is 6.04 Å². The summed E-state index contributed by atoms with van der Waals surface area (Å²) in [5, 5.41) is 12.5. The van der Waals surface area contributed by atoms with Crippen molar-refractivity contribution in [1.82, 2.24) is 10.2 Å². The van der Waals surface area contributed by atoms with Gasteiger partial charge < -0.3 is 15.3 Å². The molecule has 1 aromatic rings. The van der Waals surface area contributed by atoms with E-state index in [1.165, 1.54) is 11.0 Å². The van der Waals surface area contributed by atoms with E-state index in [0.717, 1.165) is 0 Å². The molecular weight excluding hydrogens is 291 g/mol. The molecule has 0 saturated carbocycles. The monoisotopic (exact) mass is 302 g/mol. The molecule has 1 aliphatic rings. The number of carboxylic acids is 1. The Kier molecular flexibility index (Phi) is 4.29. The SMILES string of the molecule is O=C(O)C1CNCCN1C(=O)c1cccc(Cl)c1Cl. The lowest BCUT2D eigenvalue weighted by atomic mass is 10.1. The number of carbonyl (C=O) groups excluding carboxylic acids is 1. The predicted molar refractivity (Wildman–Crippen MR) is 71.8 cm³/mol. The number of nitrogens with one attached hydrogen (secondary N) is 1. The summed E-state index contributed by atoms with van der Waals surface area (Å²) in [7, 11) is 0. The number of benzene rings is 1. The molecule has 1 atom stereocenters. The highest BCUT2D eigenvalue weighted by Crippen LogP contribution is 2.27. The van der Waals surface area contributed by atoms with Crippen LogP contribution in [0.3, 0.4) is 0 Å². The van der Waals surface area contributed by atoms with Gasteiger partial charge in [-0.15, -0.1) is 0 Å². The molecule has 0 aromatic heterocycles. The summed E-state index contributed by atoms with van der Waals surface area (Å²) < 4.78 is 0. The first-order valence-corrected chi connectivity index (χ1v) is 6.46. The number of piperazine rings is 1. The van der Waals surface area contributed by atoms with Gasteiger partial charge >= 0.3 is 5.97 Å². The van der Waals surface area contributed by atoms with Crippen LogP contribution in [0.4, 0.5) is 0 Å². The highest BCUT2D eigenvalue weighted by Gasteiger charge is 2.33. The van der Waals surface area contributed by atoms with Crippen LogP contribution in [0.2, 0.25) is 10.0 Å². The molecule has 0 spiro atoms. The Bertz CT molecular complexity index is 522. The van der Waals surface area contributed by atoms with Crippen molar-refractivity contribution >= 4 is 35.1 Å². The van der Waals surface area contributed by atoms with Gasteiger partial charge in [0, 0.05) is 19.6 Å². The van der Waals surface area contributed by atoms with Crippen LogP contribution < -0.4 is 5.32 Å². The summed E-state index contributed by atoms with van der Waals surface area (Å²) in [6.07, 6.45) is 0. The van der Waals surface area contributed by atoms with E-state index in [1.54, 1.807) is 12.1 Å². The van der Waals surface area contributed by atoms with Crippen molar-refractivity contribution in [2.24, 2.45) is 0 Å². The molecule has 1 amide bonds. The number of amides is 1. The van der Waals surface area contributed by atoms with Crippen molar-refractivity contribution in [2.75, 3.05) is 19.6 Å². The highest BCUT2D eigenvalue weighted by atomic mass is 35.5. The van der Waals surface area contributed by atoms with Crippen molar-refractivity contribution in [3.8, 4) is 0 Å². The van der Waals surface area contributed by atoms with E-state index in [2.05, 4.69) is 5.32 Å². The first kappa shape index (κ1) is 14.1. The average molecular weight is 303 g/mol. The van der Waals surface area contributed by atoms with Crippen LogP contribution in [-0.2, 0) is 4.79 Å². The fraction of sp³-hybridized carbons (Fsp3) is 0.333. The summed E-state index contributed by atoms with van der Waals surface area (Å²) in [6, 6.07) is 3.83. The minimum Gasteiger partial charge on any atom is -0.480 e. The Hall–Kier alpha value is -1.30. The smallest absolute Gasteiger partial charge is 0.327 e. The molecule has 0 radical (unpaired) electrons. The molecule has 5 nitrogen and oxygen atoms in total. The fourth-order valence-corrected chi connectivity index (χ4v) is 2.37. The van der Waals surface area contributed by atoms with Crippen LogP contribution >= 0.6 is 23.2 Å². The fourth-order valence-electron chi connectivity index (χ4n) is 1.99. The van der Waals surface area contributed by atoms with Gasteiger partial charge in [0.25, 0.3) is 5.91 Å². The van der Waals surface area contributed by atoms with Crippen molar-refractivity contribution in [2.45, 2.75) is 6.04 Å². The lowest BCUT2D eigenvalue weighted by Crippen LogP contribution is -2.57. The Morgan fingerprint density at radius 1 is 1.37 bits per heavy atom. The number of aliphatic carboxylic acids is 1. The summed E-state index contributed by atoms with van der Waals surface area (Å²) in [5.74, 6) is -1.46. The van der Waals surface area contributed by atoms with Gasteiger partial charge in [-0.25, -0.2) is 4.79 Å². The van der Waals surface area contributed by atoms with E-state index in [1.807, 2.05) is 0 Å². The number of rotatable bonds is 2. The van der Waals surface area contributed by atoms with E-state index in [9.17, 15) is 9.59 Å². The van der Waals surface area contributed by atoms with Crippen molar-refractivity contribution in [1.29, 1.82) is 0 Å². The Labute approximate surface area is 120 Å². The highest BCUT2D eigenvalue weighted by molar-refractivity contribution is 6.43. The van der Waals surface area contributed by atoms with Crippen LogP contribution in [-0.4, -0.2) is 47.6 Å². The molecule has 2 N–H and O–H groups in total. The third-order valence-electron chi connectivity index (χ3n) is 2.97. The maximum atomic E-state index is 12.4. The molecule has 1 saturated heterocycles. The quantitative estimate of drug-likeness (QED) is 0.868. The lowest BCUT2D eigenvalue weighted by Gasteiger charge is -2.33. The van der Waals surface area contributed by atoms with E-state index in [-0.39, 0.29) is 22.2 Å². The van der Waals surface area contributed by atoms with Gasteiger partial charge in [-0.1, -0.05) is 29.3 Å². The number of carboxylic acid groups (broad SMARTS) is 1. The molecule has 7 heteroatoms. The van der Waals surface area contributed by atoms with Crippen LogP contribution in [0.5, 0.6) is 0 Å². The van der Waals surface area contributed by atoms with Gasteiger partial charge in [-0.2, -0.15) is 0 Å². The minimum absolute atomic E-state index is 0.150. The van der Waals surface area contributed by atoms with Crippen LogP contribution in [0.15, 0.2) is 18.2 Å². The van der Waals surface area contributed by atoms with E-state index >= 15 is 0 Å². The first-order valence-electron chi connectivity index (χ1n) is 5.71. The van der Waals surface area contributed by atoms with Gasteiger partial charge in [-0.3, -0.25) is 4.79 Å². The van der Waals surface area contributed by atoms with Gasteiger partial charge in [0.2, 0.25) is 0 Å². The molecule has 2 rings (SSSR count). The number of hydrogen-bond donors (Lipinski definition) is 2. The second kappa shape index (κ2) is 5.77. The van der Waals surface area contributed by atoms with E-state index in [0.29, 0.717) is 13.1 Å². The van der Waals surface area contributed by atoms with Crippen molar-refractivity contribution in [3.05, 3.63) is 33.8 Å². The van der Waals surface area contributed by atoms with E-state index < -0.39 is 17.9 Å². The summed E-state index contributed by atoms with van der Waals surface area (Å²) in [4.78, 5) is 24.8. The van der Waals surface area contributed by atoms with Gasteiger partial charge in [0.05, 0.1) is 15.6 Å². The molecule has 1 fully saturated rings. The second-order valence-corrected chi connectivity index (χ2v) is 4.94. The first-order chi connectivity index (χ1) is 9.02. The molecule has 1 unspecified atom stereocenters. The summed E-state index contributed by atoms with van der Waals surface area (Å²) in [5.41, 5.74) is 0.224. The Morgan fingerprint density at radius 2 is 2.11 bits per heavy atom. The summed E-state index contributed by atoms with van der Waals surface area (Å²) in [6.45, 7) is 1.09. The number of nitrogens with zero attached hydrogens (tertiary/aromatic N) is 1. The maximum Gasteiger partial charge on any atom is 0.327 e. The van der Waals surface area contributed by atoms with Gasteiger partial charge in [-0.05, 0) is 12.1 Å². The molecule has 1 aromatic carbocycles. The molecule has 1 heterocycles. The predicted octanol–water partition coefficient (Wildman–Crippen LogP) is 1.49. The topological polar surface area (TPSA) is 69.6 Å². The zero-order valence-corrected chi connectivity index (χ0v) is 11.4. The third-order valence-corrected chi connectivity index (χ3v) is 3.79. The largest absolute Gasteiger partial charge is 0.480 e. The lowest BCUT2D eigenvalue weighted by molar-refractivity contribution is -0.142. The molecule has 1 aliphatic heterocycles. The zero-order chi connectivity index (χ0) is 14.0. The molecule has 0 bridgehead atoms. The van der Waals surface area contributed by atoms with Crippen LogP contribution in [0, 0.1) is 0 Å². The molecular formula is C12H12Cl2N2O3. The van der Waals surface area contributed by atoms with Crippen molar-refractivity contribution in [3.63, 3.8) is 0 Å². The average Bonchev–Trinajstić information content (AvgIpc) is 2.41. The Balaban J connectivity index is 2.31. The second-order valence-electron chi connectivity index (χ2n) is 4.16. The standard InChI is InChI=1S/C12H12Cl2N2O3/c13-8-3-1-2-7(10(8)14)11(17)16-5-4-15-6-9(16)12(18)19/h1-3,9,15H,4-6H2,(H,18,19). The number of halogens is 2.